The Morgan fingerprint density at radius 2 is 2.04 bits per heavy atom. The summed E-state index contributed by atoms with van der Waals surface area (Å²) in [5.74, 6) is 2.05. The Morgan fingerprint density at radius 3 is 2.88 bits per heavy atom. The number of rotatable bonds is 1. The Morgan fingerprint density at radius 1 is 1.20 bits per heavy atom. The van der Waals surface area contributed by atoms with Crippen LogP contribution in [0.15, 0.2) is 6.33 Å². The molecular weight excluding hydrogens is 326 g/mol. The zero-order valence-electron chi connectivity index (χ0n) is 15.9. The fourth-order valence-electron chi connectivity index (χ4n) is 6.18. The Balaban J connectivity index is 1.62. The van der Waals surface area contributed by atoms with E-state index in [1.807, 2.05) is 11.3 Å². The van der Waals surface area contributed by atoms with E-state index >= 15 is 0 Å². The summed E-state index contributed by atoms with van der Waals surface area (Å²) >= 11 is 1.92. The van der Waals surface area contributed by atoms with Crippen LogP contribution in [0, 0.1) is 16.7 Å². The normalized spacial score (nSPS) is 33.7. The number of anilines is 1. The van der Waals surface area contributed by atoms with E-state index in [4.69, 9.17) is 4.98 Å². The van der Waals surface area contributed by atoms with E-state index in [-0.39, 0.29) is 0 Å². The van der Waals surface area contributed by atoms with Crippen LogP contribution in [0.1, 0.15) is 63.8 Å². The molecule has 2 aliphatic carbocycles. The molecule has 0 aromatic carbocycles. The van der Waals surface area contributed by atoms with Gasteiger partial charge < -0.3 is 4.90 Å². The molecule has 134 valence electrons. The lowest BCUT2D eigenvalue weighted by Crippen LogP contribution is -2.35. The lowest BCUT2D eigenvalue weighted by molar-refractivity contribution is 0.136. The van der Waals surface area contributed by atoms with Gasteiger partial charge >= 0.3 is 0 Å². The van der Waals surface area contributed by atoms with Crippen LogP contribution in [0.5, 0.6) is 0 Å². The zero-order chi connectivity index (χ0) is 17.4. The number of thiophene rings is 1. The fourth-order valence-corrected chi connectivity index (χ4v) is 7.53. The third-order valence-corrected chi connectivity index (χ3v) is 7.92. The predicted octanol–water partition coefficient (Wildman–Crippen LogP) is 5.22. The average Bonchev–Trinajstić information content (AvgIpc) is 2.99. The maximum absolute atomic E-state index is 4.85. The number of fused-ring (bicyclic) bond motifs is 5. The fraction of sp³-hybridized carbons (Fsp3) is 0.714. The maximum Gasteiger partial charge on any atom is 0.141 e. The maximum atomic E-state index is 4.85. The van der Waals surface area contributed by atoms with Crippen molar-refractivity contribution in [2.24, 2.45) is 16.7 Å². The monoisotopic (exact) mass is 355 g/mol. The average molecular weight is 356 g/mol. The molecule has 5 rings (SSSR count). The molecule has 2 bridgehead atoms. The van der Waals surface area contributed by atoms with Crippen LogP contribution in [0.25, 0.3) is 10.2 Å². The summed E-state index contributed by atoms with van der Waals surface area (Å²) in [5.41, 5.74) is 2.45. The Kier molecular flexibility index (Phi) is 3.33. The molecule has 4 heteroatoms. The van der Waals surface area contributed by atoms with Crippen molar-refractivity contribution < 1.29 is 0 Å². The second kappa shape index (κ2) is 5.18. The first-order valence-electron chi connectivity index (χ1n) is 9.86. The molecule has 0 N–H and O–H groups in total. The van der Waals surface area contributed by atoms with Gasteiger partial charge in [0.2, 0.25) is 0 Å². The van der Waals surface area contributed by atoms with Crippen LogP contribution < -0.4 is 4.90 Å². The molecule has 1 saturated heterocycles. The van der Waals surface area contributed by atoms with E-state index in [2.05, 4.69) is 37.6 Å². The molecule has 2 aromatic heterocycles. The molecule has 3 atom stereocenters. The van der Waals surface area contributed by atoms with Gasteiger partial charge in [0.25, 0.3) is 0 Å². The third kappa shape index (κ3) is 2.51. The van der Waals surface area contributed by atoms with E-state index in [0.717, 1.165) is 12.5 Å². The SMILES string of the molecule is C[C@H]1CCc2c(sc3ncnc(N4C[C@@]5(C)C[C@@H]4CC(C)(C)C5)c23)C1. The summed E-state index contributed by atoms with van der Waals surface area (Å²) in [4.78, 5) is 15.0. The highest BCUT2D eigenvalue weighted by atomic mass is 32.1. The molecule has 25 heavy (non-hydrogen) atoms. The van der Waals surface area contributed by atoms with Gasteiger partial charge in [0, 0.05) is 17.5 Å². The van der Waals surface area contributed by atoms with Crippen LogP contribution in [-0.2, 0) is 12.8 Å². The second-order valence-corrected chi connectivity index (χ2v) is 11.2. The number of aromatic nitrogens is 2. The summed E-state index contributed by atoms with van der Waals surface area (Å²) in [6, 6.07) is 0.643. The van der Waals surface area contributed by atoms with E-state index < -0.39 is 0 Å². The largest absolute Gasteiger partial charge is 0.352 e. The lowest BCUT2D eigenvalue weighted by Gasteiger charge is -2.39. The Hall–Kier alpha value is -1.16. The van der Waals surface area contributed by atoms with Gasteiger partial charge in [-0.3, -0.25) is 0 Å². The molecule has 3 heterocycles. The van der Waals surface area contributed by atoms with Crippen LogP contribution >= 0.6 is 11.3 Å². The minimum atomic E-state index is 0.439. The molecule has 3 aliphatic rings. The van der Waals surface area contributed by atoms with E-state index in [1.54, 1.807) is 16.8 Å². The van der Waals surface area contributed by atoms with Crippen molar-refractivity contribution in [1.29, 1.82) is 0 Å². The lowest BCUT2D eigenvalue weighted by atomic mass is 9.65. The number of hydrogen-bond acceptors (Lipinski definition) is 4. The number of aryl methyl sites for hydroxylation is 1. The Labute approximate surface area is 154 Å². The van der Waals surface area contributed by atoms with Gasteiger partial charge in [-0.1, -0.05) is 27.7 Å². The molecule has 2 aromatic rings. The molecular formula is C21H29N3S. The van der Waals surface area contributed by atoms with Gasteiger partial charge in [-0.2, -0.15) is 0 Å². The van der Waals surface area contributed by atoms with Gasteiger partial charge in [0.05, 0.1) is 5.39 Å². The van der Waals surface area contributed by atoms with Crippen LogP contribution in [0.4, 0.5) is 5.82 Å². The molecule has 3 nitrogen and oxygen atoms in total. The van der Waals surface area contributed by atoms with Gasteiger partial charge in [0.1, 0.15) is 17.0 Å². The topological polar surface area (TPSA) is 29.0 Å². The Bertz CT molecular complexity index is 839. The zero-order valence-corrected chi connectivity index (χ0v) is 16.7. The minimum Gasteiger partial charge on any atom is -0.352 e. The number of hydrogen-bond donors (Lipinski definition) is 0. The highest BCUT2D eigenvalue weighted by Gasteiger charge is 2.50. The standard InChI is InChI=1S/C21H29N3S/c1-13-5-6-15-16(7-13)25-19-17(15)18(22-12-23-19)24-11-21(4)9-14(24)8-20(2,3)10-21/h12-14H,5-11H2,1-4H3/t13-,14-,21-/m0/s1. The van der Waals surface area contributed by atoms with Crippen molar-refractivity contribution in [1.82, 2.24) is 9.97 Å². The molecule has 2 fully saturated rings. The van der Waals surface area contributed by atoms with Crippen molar-refractivity contribution in [3.8, 4) is 0 Å². The van der Waals surface area contributed by atoms with Crippen LogP contribution in [0.2, 0.25) is 0 Å². The summed E-state index contributed by atoms with van der Waals surface area (Å²) in [6.07, 6.45) is 9.49. The predicted molar refractivity (Wildman–Crippen MR) is 105 cm³/mol. The number of nitrogens with zero attached hydrogens (tertiary/aromatic N) is 3. The van der Waals surface area contributed by atoms with Gasteiger partial charge in [0.15, 0.2) is 0 Å². The van der Waals surface area contributed by atoms with Crippen molar-refractivity contribution in [3.63, 3.8) is 0 Å². The smallest absolute Gasteiger partial charge is 0.141 e. The van der Waals surface area contributed by atoms with Crippen molar-refractivity contribution in [3.05, 3.63) is 16.8 Å². The molecule has 0 amide bonds. The summed E-state index contributed by atoms with van der Waals surface area (Å²) < 4.78 is 0. The molecule has 0 spiro atoms. The van der Waals surface area contributed by atoms with E-state index in [0.29, 0.717) is 16.9 Å². The molecule has 1 saturated carbocycles. The highest BCUT2D eigenvalue weighted by Crippen LogP contribution is 2.54. The first kappa shape index (κ1) is 16.0. The third-order valence-electron chi connectivity index (χ3n) is 6.76. The van der Waals surface area contributed by atoms with Crippen molar-refractivity contribution in [2.75, 3.05) is 11.4 Å². The van der Waals surface area contributed by atoms with Gasteiger partial charge in [-0.05, 0) is 60.8 Å². The van der Waals surface area contributed by atoms with Crippen molar-refractivity contribution >= 4 is 27.4 Å². The summed E-state index contributed by atoms with van der Waals surface area (Å²) in [7, 11) is 0. The first-order valence-corrected chi connectivity index (χ1v) is 10.7. The highest BCUT2D eigenvalue weighted by molar-refractivity contribution is 7.19. The van der Waals surface area contributed by atoms with Crippen LogP contribution in [-0.4, -0.2) is 22.6 Å². The van der Waals surface area contributed by atoms with E-state index in [1.165, 1.54) is 54.6 Å². The van der Waals surface area contributed by atoms with Crippen LogP contribution in [0.3, 0.4) is 0 Å². The quantitative estimate of drug-likeness (QED) is 0.702. The summed E-state index contributed by atoms with van der Waals surface area (Å²) in [5, 5.41) is 1.39. The van der Waals surface area contributed by atoms with E-state index in [9.17, 15) is 0 Å². The minimum absolute atomic E-state index is 0.439. The summed E-state index contributed by atoms with van der Waals surface area (Å²) in [6.45, 7) is 10.9. The molecule has 0 radical (unpaired) electrons. The van der Waals surface area contributed by atoms with Gasteiger partial charge in [-0.15, -0.1) is 11.3 Å². The van der Waals surface area contributed by atoms with Crippen molar-refractivity contribution in [2.45, 2.75) is 72.3 Å². The van der Waals surface area contributed by atoms with Gasteiger partial charge in [-0.25, -0.2) is 9.97 Å². The first-order chi connectivity index (χ1) is 11.8. The second-order valence-electron chi connectivity index (χ2n) is 10.1. The molecule has 1 aliphatic heterocycles. The molecule has 0 unspecified atom stereocenters.